The fourth-order valence-corrected chi connectivity index (χ4v) is 3.12. The molecule has 0 spiro atoms. The van der Waals surface area contributed by atoms with E-state index in [1.165, 1.54) is 11.8 Å². The Balaban J connectivity index is 1.70. The number of carbonyl (C=O) groups excluding carboxylic acids is 1. The van der Waals surface area contributed by atoms with Gasteiger partial charge in [0.2, 0.25) is 5.91 Å². The number of hydrogen-bond acceptors (Lipinski definition) is 4. The van der Waals surface area contributed by atoms with Crippen LogP contribution in [0.2, 0.25) is 5.02 Å². The average molecular weight is 344 g/mol. The van der Waals surface area contributed by atoms with Crippen molar-refractivity contribution in [2.24, 2.45) is 0 Å². The third-order valence-electron chi connectivity index (χ3n) is 3.35. The van der Waals surface area contributed by atoms with Crippen molar-refractivity contribution in [2.75, 3.05) is 11.1 Å². The second kappa shape index (κ2) is 6.98. The maximum atomic E-state index is 12.2. The Kier molecular flexibility index (Phi) is 4.79. The number of carbonyl (C=O) groups is 1. The van der Waals surface area contributed by atoms with Crippen LogP contribution in [-0.2, 0) is 4.79 Å². The normalized spacial score (nSPS) is 10.7. The summed E-state index contributed by atoms with van der Waals surface area (Å²) in [6, 6.07) is 13.3. The van der Waals surface area contributed by atoms with Crippen molar-refractivity contribution in [1.29, 1.82) is 0 Å². The molecule has 4 nitrogen and oxygen atoms in total. The summed E-state index contributed by atoms with van der Waals surface area (Å²) in [7, 11) is 0. The highest BCUT2D eigenvalue weighted by atomic mass is 35.5. The third kappa shape index (κ3) is 3.81. The minimum Gasteiger partial charge on any atom is -0.325 e. The Labute approximate surface area is 143 Å². The predicted molar refractivity (Wildman–Crippen MR) is 95.1 cm³/mol. The Hall–Kier alpha value is -2.11. The first kappa shape index (κ1) is 15.8. The first-order valence-corrected chi connectivity index (χ1v) is 8.39. The van der Waals surface area contributed by atoms with Crippen LogP contribution in [0.3, 0.4) is 0 Å². The highest BCUT2D eigenvalue weighted by Crippen LogP contribution is 2.25. The second-order valence-corrected chi connectivity index (χ2v) is 6.43. The molecular formula is C17H14ClN3OS. The molecule has 3 aromatic rings. The summed E-state index contributed by atoms with van der Waals surface area (Å²) in [6.45, 7) is 1.93. The monoisotopic (exact) mass is 343 g/mol. The van der Waals surface area contributed by atoms with Gasteiger partial charge in [0.05, 0.1) is 11.9 Å². The van der Waals surface area contributed by atoms with E-state index in [2.05, 4.69) is 15.5 Å². The number of benzene rings is 2. The number of halogens is 1. The topological polar surface area (TPSA) is 54.9 Å². The minimum atomic E-state index is -0.102. The van der Waals surface area contributed by atoms with Gasteiger partial charge in [-0.05, 0) is 24.6 Å². The van der Waals surface area contributed by atoms with Gasteiger partial charge in [-0.3, -0.25) is 4.79 Å². The largest absolute Gasteiger partial charge is 0.325 e. The van der Waals surface area contributed by atoms with Gasteiger partial charge < -0.3 is 5.32 Å². The Morgan fingerprint density at radius 2 is 2.09 bits per heavy atom. The third-order valence-corrected chi connectivity index (χ3v) is 4.57. The molecule has 23 heavy (non-hydrogen) atoms. The Bertz CT molecular complexity index is 864. The Morgan fingerprint density at radius 3 is 2.96 bits per heavy atom. The standard InChI is InChI=1S/C17H14ClN3OS/c1-11-6-7-13(18)8-15(11)20-16(22)10-23-17-14-5-3-2-4-12(14)9-19-21-17/h2-9H,10H2,1H3,(H,20,22). The average Bonchev–Trinajstić information content (AvgIpc) is 2.56. The molecule has 0 unspecified atom stereocenters. The lowest BCUT2D eigenvalue weighted by Gasteiger charge is -2.09. The SMILES string of the molecule is Cc1ccc(Cl)cc1NC(=O)CSc1nncc2ccccc12. The van der Waals surface area contributed by atoms with Crippen LogP contribution in [0.4, 0.5) is 5.69 Å². The fourth-order valence-electron chi connectivity index (χ4n) is 2.16. The summed E-state index contributed by atoms with van der Waals surface area (Å²) in [5, 5.41) is 14.3. The van der Waals surface area contributed by atoms with Crippen LogP contribution in [0.1, 0.15) is 5.56 Å². The van der Waals surface area contributed by atoms with E-state index in [0.717, 1.165) is 27.0 Å². The maximum absolute atomic E-state index is 12.2. The molecule has 0 fully saturated rings. The van der Waals surface area contributed by atoms with Crippen LogP contribution in [0.5, 0.6) is 0 Å². The van der Waals surface area contributed by atoms with E-state index in [1.807, 2.05) is 37.3 Å². The molecule has 0 saturated carbocycles. The molecule has 1 aromatic heterocycles. The molecule has 6 heteroatoms. The maximum Gasteiger partial charge on any atom is 0.234 e. The van der Waals surface area contributed by atoms with E-state index in [4.69, 9.17) is 11.6 Å². The highest BCUT2D eigenvalue weighted by molar-refractivity contribution is 8.00. The van der Waals surface area contributed by atoms with Crippen molar-refractivity contribution in [1.82, 2.24) is 10.2 Å². The zero-order valence-electron chi connectivity index (χ0n) is 12.4. The van der Waals surface area contributed by atoms with Crippen molar-refractivity contribution >= 4 is 45.7 Å². The van der Waals surface area contributed by atoms with Crippen molar-refractivity contribution in [3.63, 3.8) is 0 Å². The van der Waals surface area contributed by atoms with Crippen LogP contribution in [0, 0.1) is 6.92 Å². The molecule has 0 radical (unpaired) electrons. The molecule has 0 bridgehead atoms. The lowest BCUT2D eigenvalue weighted by molar-refractivity contribution is -0.113. The summed E-state index contributed by atoms with van der Waals surface area (Å²) in [5.74, 6) is 0.157. The summed E-state index contributed by atoms with van der Waals surface area (Å²) < 4.78 is 0. The zero-order chi connectivity index (χ0) is 16.2. The minimum absolute atomic E-state index is 0.102. The van der Waals surface area contributed by atoms with Gasteiger partial charge in [-0.1, -0.05) is 53.7 Å². The molecule has 0 saturated heterocycles. The summed E-state index contributed by atoms with van der Waals surface area (Å²) in [5.41, 5.74) is 1.70. The number of rotatable bonds is 4. The molecule has 1 amide bonds. The molecule has 1 heterocycles. The zero-order valence-corrected chi connectivity index (χ0v) is 14.0. The van der Waals surface area contributed by atoms with E-state index in [-0.39, 0.29) is 11.7 Å². The molecule has 0 aliphatic carbocycles. The first-order valence-electron chi connectivity index (χ1n) is 7.03. The lowest BCUT2D eigenvalue weighted by atomic mass is 10.2. The molecule has 0 atom stereocenters. The molecule has 0 aliphatic rings. The van der Waals surface area contributed by atoms with Crippen molar-refractivity contribution in [3.05, 3.63) is 59.2 Å². The number of nitrogens with one attached hydrogen (secondary N) is 1. The highest BCUT2D eigenvalue weighted by Gasteiger charge is 2.09. The van der Waals surface area contributed by atoms with Crippen LogP contribution in [-0.4, -0.2) is 21.9 Å². The number of hydrogen-bond donors (Lipinski definition) is 1. The van der Waals surface area contributed by atoms with Gasteiger partial charge in [-0.25, -0.2) is 0 Å². The summed E-state index contributed by atoms with van der Waals surface area (Å²) >= 11 is 7.33. The van der Waals surface area contributed by atoms with E-state index in [1.54, 1.807) is 18.3 Å². The fraction of sp³-hybridized carbons (Fsp3) is 0.118. The molecule has 116 valence electrons. The van der Waals surface area contributed by atoms with E-state index in [9.17, 15) is 4.79 Å². The number of amides is 1. The van der Waals surface area contributed by atoms with Gasteiger partial charge in [0.25, 0.3) is 0 Å². The van der Waals surface area contributed by atoms with Crippen molar-refractivity contribution < 1.29 is 4.79 Å². The van der Waals surface area contributed by atoms with Crippen molar-refractivity contribution in [3.8, 4) is 0 Å². The smallest absolute Gasteiger partial charge is 0.234 e. The van der Waals surface area contributed by atoms with Crippen molar-refractivity contribution in [2.45, 2.75) is 11.9 Å². The van der Waals surface area contributed by atoms with Gasteiger partial charge in [-0.2, -0.15) is 5.10 Å². The van der Waals surface area contributed by atoms with E-state index < -0.39 is 0 Å². The molecule has 0 aliphatic heterocycles. The number of nitrogens with zero attached hydrogens (tertiary/aromatic N) is 2. The number of aromatic nitrogens is 2. The number of thioether (sulfide) groups is 1. The van der Waals surface area contributed by atoms with Gasteiger partial charge in [0.15, 0.2) is 0 Å². The number of fused-ring (bicyclic) bond motifs is 1. The van der Waals surface area contributed by atoms with Gasteiger partial charge >= 0.3 is 0 Å². The van der Waals surface area contributed by atoms with E-state index in [0.29, 0.717) is 5.02 Å². The lowest BCUT2D eigenvalue weighted by Crippen LogP contribution is -2.15. The molecular weight excluding hydrogens is 330 g/mol. The van der Waals surface area contributed by atoms with Crippen LogP contribution in [0.25, 0.3) is 10.8 Å². The second-order valence-electron chi connectivity index (χ2n) is 5.03. The number of anilines is 1. The Morgan fingerprint density at radius 1 is 1.26 bits per heavy atom. The quantitative estimate of drug-likeness (QED) is 0.717. The molecule has 3 rings (SSSR count). The molecule has 1 N–H and O–H groups in total. The van der Waals surface area contributed by atoms with Gasteiger partial charge in [0, 0.05) is 21.5 Å². The first-order chi connectivity index (χ1) is 11.1. The van der Waals surface area contributed by atoms with E-state index >= 15 is 0 Å². The van der Waals surface area contributed by atoms with Gasteiger partial charge in [0.1, 0.15) is 5.03 Å². The van der Waals surface area contributed by atoms with Crippen LogP contribution < -0.4 is 5.32 Å². The van der Waals surface area contributed by atoms with Gasteiger partial charge in [-0.15, -0.1) is 5.10 Å². The van der Waals surface area contributed by atoms with Crippen LogP contribution in [0.15, 0.2) is 53.7 Å². The summed E-state index contributed by atoms with van der Waals surface area (Å²) in [4.78, 5) is 12.2. The number of aryl methyl sites for hydroxylation is 1. The van der Waals surface area contributed by atoms with Crippen LogP contribution >= 0.6 is 23.4 Å². The predicted octanol–water partition coefficient (Wildman–Crippen LogP) is 4.32. The summed E-state index contributed by atoms with van der Waals surface area (Å²) in [6.07, 6.45) is 1.72. The molecule has 2 aromatic carbocycles.